The summed E-state index contributed by atoms with van der Waals surface area (Å²) in [6.07, 6.45) is -3.00. The molecule has 1 aromatic heterocycles. The van der Waals surface area contributed by atoms with E-state index in [-0.39, 0.29) is 22.6 Å². The Labute approximate surface area is 144 Å². The molecule has 0 radical (unpaired) electrons. The van der Waals surface area contributed by atoms with Gasteiger partial charge in [-0.2, -0.15) is 10.4 Å². The Morgan fingerprint density at radius 3 is 2.23 bits per heavy atom. The number of nitro groups is 1. The first-order valence-corrected chi connectivity index (χ1v) is 7.24. The molecule has 0 bridgehead atoms. The molecule has 0 atom stereocenters. The van der Waals surface area contributed by atoms with Crippen molar-refractivity contribution in [3.63, 3.8) is 0 Å². The molecular formula is C17H9F3N4O2. The fraction of sp³-hybridized carbons (Fsp3) is 0.0588. The van der Waals surface area contributed by atoms with Crippen LogP contribution in [-0.2, 0) is 0 Å². The van der Waals surface area contributed by atoms with Crippen LogP contribution in [0.2, 0.25) is 0 Å². The molecule has 0 saturated heterocycles. The van der Waals surface area contributed by atoms with Crippen molar-refractivity contribution in [2.24, 2.45) is 0 Å². The van der Waals surface area contributed by atoms with E-state index >= 15 is 0 Å². The van der Waals surface area contributed by atoms with Gasteiger partial charge in [-0.3, -0.25) is 10.1 Å². The Morgan fingerprint density at radius 2 is 1.73 bits per heavy atom. The lowest BCUT2D eigenvalue weighted by Gasteiger charge is -2.08. The zero-order valence-corrected chi connectivity index (χ0v) is 12.9. The summed E-state index contributed by atoms with van der Waals surface area (Å²) in [6.45, 7) is 0. The smallest absolute Gasteiger partial charge is 0.258 e. The number of hydrogen-bond acceptors (Lipinski definition) is 4. The predicted octanol–water partition coefficient (Wildman–Crippen LogP) is 4.40. The molecule has 2 aromatic carbocycles. The number of rotatable bonds is 4. The van der Waals surface area contributed by atoms with E-state index in [2.05, 4.69) is 5.10 Å². The molecule has 0 N–H and O–H groups in total. The van der Waals surface area contributed by atoms with Crippen LogP contribution in [0, 0.1) is 27.3 Å². The molecule has 0 aliphatic carbocycles. The number of hydrogen-bond donors (Lipinski definition) is 0. The second kappa shape index (κ2) is 6.68. The molecule has 0 aliphatic heterocycles. The van der Waals surface area contributed by atoms with Gasteiger partial charge >= 0.3 is 0 Å². The van der Waals surface area contributed by atoms with Crippen molar-refractivity contribution >= 4 is 5.69 Å². The van der Waals surface area contributed by atoms with Crippen LogP contribution in [0.25, 0.3) is 16.9 Å². The van der Waals surface area contributed by atoms with Crippen LogP contribution >= 0.6 is 0 Å². The van der Waals surface area contributed by atoms with E-state index in [0.29, 0.717) is 5.56 Å². The quantitative estimate of drug-likeness (QED) is 0.511. The first-order valence-electron chi connectivity index (χ1n) is 7.24. The minimum atomic E-state index is -3.00. The lowest BCUT2D eigenvalue weighted by molar-refractivity contribution is -0.384. The third-order valence-corrected chi connectivity index (χ3v) is 3.65. The summed E-state index contributed by atoms with van der Waals surface area (Å²) in [6, 6.07) is 11.7. The highest BCUT2D eigenvalue weighted by molar-refractivity contribution is 5.70. The molecule has 0 saturated carbocycles. The fourth-order valence-electron chi connectivity index (χ4n) is 2.47. The Bertz CT molecular complexity index is 1010. The van der Waals surface area contributed by atoms with Crippen LogP contribution in [0.3, 0.4) is 0 Å². The van der Waals surface area contributed by atoms with E-state index in [1.54, 1.807) is 6.07 Å². The number of nitrogens with zero attached hydrogens (tertiary/aromatic N) is 4. The molecule has 130 valence electrons. The minimum absolute atomic E-state index is 0.0525. The molecular weight excluding hydrogens is 349 g/mol. The van der Waals surface area contributed by atoms with E-state index in [1.165, 1.54) is 36.4 Å². The third-order valence-electron chi connectivity index (χ3n) is 3.65. The first-order chi connectivity index (χ1) is 12.4. The van der Waals surface area contributed by atoms with Gasteiger partial charge in [-0.05, 0) is 36.4 Å². The number of alkyl halides is 2. The van der Waals surface area contributed by atoms with Crippen molar-refractivity contribution in [1.82, 2.24) is 9.78 Å². The average molecular weight is 358 g/mol. The Kier molecular flexibility index (Phi) is 4.41. The standard InChI is InChI=1S/C17H9F3N4O2/c18-11-3-1-10(2-4-11)16-14(9-21)15(17(19)20)22-23(16)12-5-7-13(8-6-12)24(25)26/h1-8,17H. The Hall–Kier alpha value is -3.67. The number of halogens is 3. The normalized spacial score (nSPS) is 10.7. The molecule has 0 fully saturated rings. The topological polar surface area (TPSA) is 84.8 Å². The van der Waals surface area contributed by atoms with Crippen LogP contribution in [0.15, 0.2) is 48.5 Å². The van der Waals surface area contributed by atoms with Gasteiger partial charge in [-0.15, -0.1) is 0 Å². The van der Waals surface area contributed by atoms with Crippen LogP contribution < -0.4 is 0 Å². The van der Waals surface area contributed by atoms with Crippen molar-refractivity contribution in [3.8, 4) is 23.0 Å². The highest BCUT2D eigenvalue weighted by Crippen LogP contribution is 2.33. The van der Waals surface area contributed by atoms with Gasteiger partial charge in [0.2, 0.25) is 0 Å². The SMILES string of the molecule is N#Cc1c(C(F)F)nn(-c2ccc([N+](=O)[O-])cc2)c1-c1ccc(F)cc1. The van der Waals surface area contributed by atoms with Gasteiger partial charge in [-0.25, -0.2) is 17.9 Å². The summed E-state index contributed by atoms with van der Waals surface area (Å²) in [7, 11) is 0. The zero-order valence-electron chi connectivity index (χ0n) is 12.9. The summed E-state index contributed by atoms with van der Waals surface area (Å²) in [5.41, 5.74) is -0.635. The van der Waals surface area contributed by atoms with Crippen molar-refractivity contribution in [3.05, 3.63) is 75.7 Å². The van der Waals surface area contributed by atoms with Crippen LogP contribution in [-0.4, -0.2) is 14.7 Å². The third kappa shape index (κ3) is 3.00. The van der Waals surface area contributed by atoms with Gasteiger partial charge in [0.15, 0.2) is 0 Å². The average Bonchev–Trinajstić information content (AvgIpc) is 3.02. The number of benzene rings is 2. The van der Waals surface area contributed by atoms with Crippen molar-refractivity contribution in [1.29, 1.82) is 5.26 Å². The maximum atomic E-state index is 13.3. The van der Waals surface area contributed by atoms with E-state index in [0.717, 1.165) is 16.8 Å². The minimum Gasteiger partial charge on any atom is -0.258 e. The van der Waals surface area contributed by atoms with E-state index in [4.69, 9.17) is 0 Å². The second-order valence-corrected chi connectivity index (χ2v) is 5.21. The van der Waals surface area contributed by atoms with Crippen LogP contribution in [0.1, 0.15) is 17.7 Å². The molecule has 0 unspecified atom stereocenters. The maximum Gasteiger partial charge on any atom is 0.283 e. The predicted molar refractivity (Wildman–Crippen MR) is 85.3 cm³/mol. The van der Waals surface area contributed by atoms with Gasteiger partial charge in [0.05, 0.1) is 16.3 Å². The van der Waals surface area contributed by atoms with Crippen LogP contribution in [0.4, 0.5) is 18.9 Å². The first kappa shape index (κ1) is 17.2. The molecule has 3 aromatic rings. The second-order valence-electron chi connectivity index (χ2n) is 5.21. The van der Waals surface area contributed by atoms with Crippen molar-refractivity contribution in [2.45, 2.75) is 6.43 Å². The van der Waals surface area contributed by atoms with Crippen LogP contribution in [0.5, 0.6) is 0 Å². The highest BCUT2D eigenvalue weighted by atomic mass is 19.3. The lowest BCUT2D eigenvalue weighted by atomic mass is 10.1. The molecule has 6 nitrogen and oxygen atoms in total. The lowest BCUT2D eigenvalue weighted by Crippen LogP contribution is -2.00. The fourth-order valence-corrected chi connectivity index (χ4v) is 2.47. The zero-order chi connectivity index (χ0) is 18.8. The number of nitro benzene ring substituents is 1. The van der Waals surface area contributed by atoms with E-state index in [9.17, 15) is 28.5 Å². The Morgan fingerprint density at radius 1 is 1.12 bits per heavy atom. The summed E-state index contributed by atoms with van der Waals surface area (Å²) < 4.78 is 40.9. The Balaban J connectivity index is 2.25. The van der Waals surface area contributed by atoms with Gasteiger partial charge in [0, 0.05) is 17.7 Å². The van der Waals surface area contributed by atoms with Gasteiger partial charge in [-0.1, -0.05) is 0 Å². The molecule has 9 heteroatoms. The molecule has 26 heavy (non-hydrogen) atoms. The molecule has 0 amide bonds. The summed E-state index contributed by atoms with van der Waals surface area (Å²) in [5, 5.41) is 23.9. The van der Waals surface area contributed by atoms with Crippen molar-refractivity contribution < 1.29 is 18.1 Å². The molecule has 0 spiro atoms. The number of non-ortho nitro benzene ring substituents is 1. The van der Waals surface area contributed by atoms with Gasteiger partial charge in [0.1, 0.15) is 23.1 Å². The number of aromatic nitrogens is 2. The summed E-state index contributed by atoms with van der Waals surface area (Å²) >= 11 is 0. The van der Waals surface area contributed by atoms with E-state index < -0.39 is 22.9 Å². The molecule has 3 rings (SSSR count). The summed E-state index contributed by atoms with van der Waals surface area (Å²) in [4.78, 5) is 10.2. The van der Waals surface area contributed by atoms with E-state index in [1.807, 2.05) is 0 Å². The largest absolute Gasteiger partial charge is 0.283 e. The van der Waals surface area contributed by atoms with Crippen molar-refractivity contribution in [2.75, 3.05) is 0 Å². The number of nitriles is 1. The maximum absolute atomic E-state index is 13.3. The summed E-state index contributed by atoms with van der Waals surface area (Å²) in [5.74, 6) is -0.525. The molecule has 0 aliphatic rings. The molecule has 1 heterocycles. The van der Waals surface area contributed by atoms with Gasteiger partial charge < -0.3 is 0 Å². The highest BCUT2D eigenvalue weighted by Gasteiger charge is 2.26. The monoisotopic (exact) mass is 358 g/mol. The van der Waals surface area contributed by atoms with Gasteiger partial charge in [0.25, 0.3) is 12.1 Å².